The SMILES string of the molecule is CN(Cc1cccc2ccccc12)C(=O)C1CNCC(=O)N1. The highest BCUT2D eigenvalue weighted by Gasteiger charge is 2.26. The van der Waals surface area contributed by atoms with Gasteiger partial charge in [-0.1, -0.05) is 42.5 Å². The lowest BCUT2D eigenvalue weighted by Gasteiger charge is -2.28. The number of fused-ring (bicyclic) bond motifs is 1. The Morgan fingerprint density at radius 3 is 2.82 bits per heavy atom. The van der Waals surface area contributed by atoms with Crippen LogP contribution >= 0.6 is 0 Å². The van der Waals surface area contributed by atoms with Crippen molar-refractivity contribution in [3.63, 3.8) is 0 Å². The van der Waals surface area contributed by atoms with Gasteiger partial charge in [0.2, 0.25) is 11.8 Å². The summed E-state index contributed by atoms with van der Waals surface area (Å²) in [6, 6.07) is 13.7. The third-order valence-electron chi connectivity index (χ3n) is 3.93. The first-order chi connectivity index (χ1) is 10.6. The van der Waals surface area contributed by atoms with Gasteiger partial charge in [0.1, 0.15) is 6.04 Å². The van der Waals surface area contributed by atoms with Gasteiger partial charge in [0.15, 0.2) is 0 Å². The van der Waals surface area contributed by atoms with Crippen LogP contribution in [-0.2, 0) is 16.1 Å². The summed E-state index contributed by atoms with van der Waals surface area (Å²) >= 11 is 0. The Labute approximate surface area is 129 Å². The van der Waals surface area contributed by atoms with Crippen LogP contribution < -0.4 is 10.6 Å². The summed E-state index contributed by atoms with van der Waals surface area (Å²) < 4.78 is 0. The Hall–Kier alpha value is -2.40. The maximum absolute atomic E-state index is 12.5. The minimum absolute atomic E-state index is 0.0755. The predicted molar refractivity (Wildman–Crippen MR) is 85.2 cm³/mol. The second-order valence-electron chi connectivity index (χ2n) is 5.58. The van der Waals surface area contributed by atoms with Crippen molar-refractivity contribution in [1.29, 1.82) is 0 Å². The number of hydrogen-bond donors (Lipinski definition) is 2. The first kappa shape index (κ1) is 14.5. The molecule has 0 radical (unpaired) electrons. The van der Waals surface area contributed by atoms with E-state index in [0.29, 0.717) is 13.1 Å². The first-order valence-electron chi connectivity index (χ1n) is 7.37. The fourth-order valence-corrected chi connectivity index (χ4v) is 2.81. The van der Waals surface area contributed by atoms with E-state index in [0.717, 1.165) is 16.3 Å². The van der Waals surface area contributed by atoms with E-state index in [9.17, 15) is 9.59 Å². The zero-order valence-electron chi connectivity index (χ0n) is 12.5. The van der Waals surface area contributed by atoms with Crippen molar-refractivity contribution in [2.24, 2.45) is 0 Å². The molecule has 1 saturated heterocycles. The number of nitrogens with one attached hydrogen (secondary N) is 2. The Morgan fingerprint density at radius 2 is 2.00 bits per heavy atom. The smallest absolute Gasteiger partial charge is 0.246 e. The van der Waals surface area contributed by atoms with Crippen molar-refractivity contribution in [3.05, 3.63) is 48.0 Å². The fourth-order valence-electron chi connectivity index (χ4n) is 2.81. The standard InChI is InChI=1S/C17H19N3O2/c1-20(17(22)15-9-18-10-16(21)19-15)11-13-7-4-6-12-5-2-3-8-14(12)13/h2-8,15,18H,9-11H2,1H3,(H,19,21). The van der Waals surface area contributed by atoms with E-state index < -0.39 is 6.04 Å². The molecule has 22 heavy (non-hydrogen) atoms. The Morgan fingerprint density at radius 1 is 1.23 bits per heavy atom. The average Bonchev–Trinajstić information content (AvgIpc) is 2.54. The van der Waals surface area contributed by atoms with Crippen molar-refractivity contribution < 1.29 is 9.59 Å². The Balaban J connectivity index is 1.76. The molecular weight excluding hydrogens is 278 g/mol. The van der Waals surface area contributed by atoms with Gasteiger partial charge in [-0.05, 0) is 16.3 Å². The summed E-state index contributed by atoms with van der Waals surface area (Å²) in [6.45, 7) is 1.27. The number of hydrogen-bond acceptors (Lipinski definition) is 3. The largest absolute Gasteiger partial charge is 0.342 e. The second-order valence-corrected chi connectivity index (χ2v) is 5.58. The third-order valence-corrected chi connectivity index (χ3v) is 3.93. The van der Waals surface area contributed by atoms with E-state index in [4.69, 9.17) is 0 Å². The molecule has 1 heterocycles. The molecule has 0 bridgehead atoms. The van der Waals surface area contributed by atoms with Crippen LogP contribution in [0.3, 0.4) is 0 Å². The number of rotatable bonds is 3. The Kier molecular flexibility index (Phi) is 4.06. The number of carbonyl (C=O) groups is 2. The summed E-state index contributed by atoms with van der Waals surface area (Å²) in [4.78, 5) is 25.5. The van der Waals surface area contributed by atoms with Gasteiger partial charge in [-0.25, -0.2) is 0 Å². The molecule has 1 fully saturated rings. The number of likely N-dealkylation sites (N-methyl/N-ethyl adjacent to an activating group) is 1. The number of amides is 2. The fraction of sp³-hybridized carbons (Fsp3) is 0.294. The summed E-state index contributed by atoms with van der Waals surface area (Å²) in [5.41, 5.74) is 1.10. The number of carbonyl (C=O) groups excluding carboxylic acids is 2. The van der Waals surface area contributed by atoms with E-state index >= 15 is 0 Å². The average molecular weight is 297 g/mol. The van der Waals surface area contributed by atoms with Crippen LogP contribution in [0.2, 0.25) is 0 Å². The van der Waals surface area contributed by atoms with Crippen LogP contribution in [0.15, 0.2) is 42.5 Å². The van der Waals surface area contributed by atoms with E-state index in [1.165, 1.54) is 0 Å². The Bertz CT molecular complexity index is 709. The van der Waals surface area contributed by atoms with E-state index in [-0.39, 0.29) is 18.4 Å². The molecule has 5 heteroatoms. The van der Waals surface area contributed by atoms with Crippen LogP contribution in [0.5, 0.6) is 0 Å². The highest BCUT2D eigenvalue weighted by atomic mass is 16.2. The highest BCUT2D eigenvalue weighted by molar-refractivity contribution is 5.90. The first-order valence-corrected chi connectivity index (χ1v) is 7.37. The molecule has 1 unspecified atom stereocenters. The molecule has 5 nitrogen and oxygen atoms in total. The van der Waals surface area contributed by atoms with Crippen LogP contribution in [0.1, 0.15) is 5.56 Å². The molecule has 114 valence electrons. The van der Waals surface area contributed by atoms with Crippen molar-refractivity contribution in [2.45, 2.75) is 12.6 Å². The zero-order valence-corrected chi connectivity index (χ0v) is 12.5. The predicted octanol–water partition coefficient (Wildman–Crippen LogP) is 0.886. The second kappa shape index (κ2) is 6.15. The normalized spacial score (nSPS) is 18.0. The maximum atomic E-state index is 12.5. The van der Waals surface area contributed by atoms with Gasteiger partial charge in [-0.3, -0.25) is 9.59 Å². The van der Waals surface area contributed by atoms with Gasteiger partial charge < -0.3 is 15.5 Å². The van der Waals surface area contributed by atoms with Crippen molar-refractivity contribution in [1.82, 2.24) is 15.5 Å². The lowest BCUT2D eigenvalue weighted by molar-refractivity contribution is -0.136. The number of benzene rings is 2. The molecule has 0 aliphatic carbocycles. The summed E-state index contributed by atoms with van der Waals surface area (Å²) in [5, 5.41) is 7.99. The molecule has 1 aliphatic rings. The summed E-state index contributed by atoms with van der Waals surface area (Å²) in [5.74, 6) is -0.211. The molecule has 2 aromatic carbocycles. The zero-order chi connectivity index (χ0) is 15.5. The monoisotopic (exact) mass is 297 g/mol. The van der Waals surface area contributed by atoms with Crippen LogP contribution in [-0.4, -0.2) is 42.9 Å². The van der Waals surface area contributed by atoms with Crippen LogP contribution in [0.25, 0.3) is 10.8 Å². The van der Waals surface area contributed by atoms with E-state index in [2.05, 4.69) is 28.8 Å². The highest BCUT2D eigenvalue weighted by Crippen LogP contribution is 2.19. The van der Waals surface area contributed by atoms with Crippen molar-refractivity contribution >= 4 is 22.6 Å². The lowest BCUT2D eigenvalue weighted by atomic mass is 10.0. The van der Waals surface area contributed by atoms with Gasteiger partial charge in [0.25, 0.3) is 0 Å². The molecule has 2 N–H and O–H groups in total. The number of nitrogens with zero attached hydrogens (tertiary/aromatic N) is 1. The topological polar surface area (TPSA) is 61.4 Å². The molecule has 1 aliphatic heterocycles. The third kappa shape index (κ3) is 2.94. The quantitative estimate of drug-likeness (QED) is 0.884. The molecule has 0 saturated carbocycles. The van der Waals surface area contributed by atoms with Gasteiger partial charge in [-0.2, -0.15) is 0 Å². The molecule has 3 rings (SSSR count). The minimum Gasteiger partial charge on any atom is -0.342 e. The van der Waals surface area contributed by atoms with Crippen molar-refractivity contribution in [2.75, 3.05) is 20.1 Å². The van der Waals surface area contributed by atoms with Crippen LogP contribution in [0.4, 0.5) is 0 Å². The van der Waals surface area contributed by atoms with Gasteiger partial charge in [0, 0.05) is 20.1 Å². The molecule has 2 aromatic rings. The molecule has 0 spiro atoms. The minimum atomic E-state index is -0.485. The van der Waals surface area contributed by atoms with Gasteiger partial charge >= 0.3 is 0 Å². The molecule has 2 amide bonds. The lowest BCUT2D eigenvalue weighted by Crippen LogP contribution is -2.58. The molecule has 0 aromatic heterocycles. The molecular formula is C17H19N3O2. The summed E-state index contributed by atoms with van der Waals surface area (Å²) in [7, 11) is 1.77. The number of piperazine rings is 1. The van der Waals surface area contributed by atoms with E-state index in [1.54, 1.807) is 11.9 Å². The van der Waals surface area contributed by atoms with Crippen LogP contribution in [0, 0.1) is 0 Å². The summed E-state index contributed by atoms with van der Waals surface area (Å²) in [6.07, 6.45) is 0. The van der Waals surface area contributed by atoms with Gasteiger partial charge in [-0.15, -0.1) is 0 Å². The van der Waals surface area contributed by atoms with Gasteiger partial charge in [0.05, 0.1) is 6.54 Å². The van der Waals surface area contributed by atoms with Crippen molar-refractivity contribution in [3.8, 4) is 0 Å². The maximum Gasteiger partial charge on any atom is 0.246 e. The molecule has 1 atom stereocenters. The van der Waals surface area contributed by atoms with E-state index in [1.807, 2.05) is 24.3 Å².